The summed E-state index contributed by atoms with van der Waals surface area (Å²) < 4.78 is 4.63. The van der Waals surface area contributed by atoms with Crippen LogP contribution in [0.25, 0.3) is 17.3 Å². The van der Waals surface area contributed by atoms with Crippen molar-refractivity contribution in [1.82, 2.24) is 15.3 Å². The van der Waals surface area contributed by atoms with E-state index in [1.165, 1.54) is 13.2 Å². The first-order valence-corrected chi connectivity index (χ1v) is 13.8. The molecule has 8 nitrogen and oxygen atoms in total. The maximum absolute atomic E-state index is 13.0. The van der Waals surface area contributed by atoms with Crippen molar-refractivity contribution in [2.45, 2.75) is 31.4 Å². The van der Waals surface area contributed by atoms with E-state index in [0.717, 1.165) is 27.8 Å². The average molecular weight is 591 g/mol. The van der Waals surface area contributed by atoms with Crippen LogP contribution in [0.4, 0.5) is 10.5 Å². The number of fused-ring (bicyclic) bond motifs is 1. The van der Waals surface area contributed by atoms with Gasteiger partial charge in [-0.2, -0.15) is 0 Å². The summed E-state index contributed by atoms with van der Waals surface area (Å²) in [6.07, 6.45) is 3.92. The van der Waals surface area contributed by atoms with Crippen LogP contribution in [0, 0.1) is 0 Å². The molecule has 4 N–H and O–H groups in total. The van der Waals surface area contributed by atoms with Gasteiger partial charge in [0.1, 0.15) is 16.7 Å². The standard InChI is InChI=1S/C31H28Cl2N4O4/c1-41-31(40)34-24-10-8-20(9-11-24)28-29(33)37-30(36-28)26(15-19-5-7-21-16-25(38)17-22(21)13-19)35-27(39)12-6-18-3-2-4-23(32)14-18/h2-14,25-26,38H,15-17H2,1H3,(H,34,40)(H,35,39)(H,36,37)/b12-6+/t25?,26-/m0/s1. The van der Waals surface area contributed by atoms with Gasteiger partial charge in [0.2, 0.25) is 5.91 Å². The summed E-state index contributed by atoms with van der Waals surface area (Å²) in [5.41, 5.74) is 5.84. The summed E-state index contributed by atoms with van der Waals surface area (Å²) in [7, 11) is 1.29. The van der Waals surface area contributed by atoms with Gasteiger partial charge in [0.25, 0.3) is 0 Å². The summed E-state index contributed by atoms with van der Waals surface area (Å²) in [4.78, 5) is 32.4. The number of ether oxygens (including phenoxy) is 1. The summed E-state index contributed by atoms with van der Waals surface area (Å²) in [5, 5.41) is 16.6. The van der Waals surface area contributed by atoms with Crippen LogP contribution in [-0.4, -0.2) is 40.3 Å². The van der Waals surface area contributed by atoms with E-state index < -0.39 is 12.1 Å². The Morgan fingerprint density at radius 2 is 1.88 bits per heavy atom. The first-order valence-electron chi connectivity index (χ1n) is 13.0. The summed E-state index contributed by atoms with van der Waals surface area (Å²) in [5.74, 6) is 0.186. The third-order valence-corrected chi connectivity index (χ3v) is 7.32. The van der Waals surface area contributed by atoms with E-state index in [1.807, 2.05) is 24.3 Å². The maximum Gasteiger partial charge on any atom is 0.411 e. The molecule has 1 aliphatic rings. The van der Waals surface area contributed by atoms with Crippen molar-refractivity contribution in [3.05, 3.63) is 111 Å². The number of hydrogen-bond acceptors (Lipinski definition) is 5. The zero-order valence-electron chi connectivity index (χ0n) is 22.2. The lowest BCUT2D eigenvalue weighted by Gasteiger charge is -2.17. The molecule has 1 aromatic heterocycles. The number of rotatable bonds is 8. The van der Waals surface area contributed by atoms with Crippen LogP contribution < -0.4 is 10.6 Å². The zero-order valence-corrected chi connectivity index (χ0v) is 23.7. The van der Waals surface area contributed by atoms with Crippen LogP contribution in [0.3, 0.4) is 0 Å². The van der Waals surface area contributed by atoms with Crippen molar-refractivity contribution >= 4 is 47.0 Å². The molecule has 0 aliphatic heterocycles. The fraction of sp³-hybridized carbons (Fsp3) is 0.194. The van der Waals surface area contributed by atoms with Gasteiger partial charge in [0.05, 0.1) is 19.3 Å². The minimum Gasteiger partial charge on any atom is -0.453 e. The molecular formula is C31H28Cl2N4O4. The number of carbonyl (C=O) groups excluding carboxylic acids is 2. The lowest BCUT2D eigenvalue weighted by molar-refractivity contribution is -0.117. The highest BCUT2D eigenvalue weighted by molar-refractivity contribution is 6.32. The highest BCUT2D eigenvalue weighted by Gasteiger charge is 2.23. The van der Waals surface area contributed by atoms with Gasteiger partial charge in [0, 0.05) is 22.3 Å². The number of methoxy groups -OCH3 is 1. The SMILES string of the molecule is COC(=O)Nc1ccc(-c2nc([C@H](Cc3ccc4c(c3)CC(O)C4)NC(=O)/C=C/c3cccc(Cl)c3)[nH]c2Cl)cc1. The van der Waals surface area contributed by atoms with E-state index in [-0.39, 0.29) is 12.0 Å². The van der Waals surface area contributed by atoms with Gasteiger partial charge in [-0.05, 0) is 71.9 Å². The number of aromatic nitrogens is 2. The monoisotopic (exact) mass is 590 g/mol. The van der Waals surface area contributed by atoms with E-state index in [0.29, 0.717) is 46.6 Å². The third-order valence-electron chi connectivity index (χ3n) is 6.81. The zero-order chi connectivity index (χ0) is 28.9. The van der Waals surface area contributed by atoms with Gasteiger partial charge < -0.3 is 20.1 Å². The number of aromatic amines is 1. The predicted octanol–water partition coefficient (Wildman–Crippen LogP) is 6.13. The first-order chi connectivity index (χ1) is 19.8. The van der Waals surface area contributed by atoms with Gasteiger partial charge in [-0.1, -0.05) is 65.7 Å². The predicted molar refractivity (Wildman–Crippen MR) is 160 cm³/mol. The average Bonchev–Trinajstić information content (AvgIpc) is 3.53. The Kier molecular flexibility index (Phi) is 8.73. The second kappa shape index (κ2) is 12.6. The lowest BCUT2D eigenvalue weighted by Crippen LogP contribution is -2.29. The van der Waals surface area contributed by atoms with Crippen molar-refractivity contribution in [3.63, 3.8) is 0 Å². The Morgan fingerprint density at radius 1 is 1.10 bits per heavy atom. The minimum atomic E-state index is -0.568. The van der Waals surface area contributed by atoms with Crippen molar-refractivity contribution < 1.29 is 19.4 Å². The highest BCUT2D eigenvalue weighted by atomic mass is 35.5. The number of aliphatic hydroxyl groups is 1. The fourth-order valence-electron chi connectivity index (χ4n) is 4.83. The van der Waals surface area contributed by atoms with Gasteiger partial charge in [0.15, 0.2) is 0 Å². The van der Waals surface area contributed by atoms with Crippen LogP contribution in [-0.2, 0) is 28.8 Å². The molecule has 1 heterocycles. The molecular weight excluding hydrogens is 563 g/mol. The molecule has 0 fully saturated rings. The Morgan fingerprint density at radius 3 is 2.63 bits per heavy atom. The molecule has 3 aromatic carbocycles. The summed E-state index contributed by atoms with van der Waals surface area (Å²) in [6.45, 7) is 0. The maximum atomic E-state index is 13.0. The molecule has 210 valence electrons. The molecule has 10 heteroatoms. The van der Waals surface area contributed by atoms with E-state index in [9.17, 15) is 14.7 Å². The highest BCUT2D eigenvalue weighted by Crippen LogP contribution is 2.30. The number of benzene rings is 3. The second-order valence-electron chi connectivity index (χ2n) is 9.80. The number of hydrogen-bond donors (Lipinski definition) is 4. The lowest BCUT2D eigenvalue weighted by atomic mass is 10.0. The van der Waals surface area contributed by atoms with E-state index >= 15 is 0 Å². The number of amides is 2. The Bertz CT molecular complexity index is 1600. The van der Waals surface area contributed by atoms with Crippen LogP contribution in [0.5, 0.6) is 0 Å². The second-order valence-corrected chi connectivity index (χ2v) is 10.6. The van der Waals surface area contributed by atoms with Gasteiger partial charge in [-0.3, -0.25) is 10.1 Å². The Labute approximate surface area is 247 Å². The van der Waals surface area contributed by atoms with Crippen LogP contribution in [0.1, 0.15) is 34.1 Å². The van der Waals surface area contributed by atoms with Crippen LogP contribution in [0.2, 0.25) is 10.2 Å². The van der Waals surface area contributed by atoms with Crippen molar-refractivity contribution in [2.75, 3.05) is 12.4 Å². The number of nitrogens with one attached hydrogen (secondary N) is 3. The topological polar surface area (TPSA) is 116 Å². The van der Waals surface area contributed by atoms with Crippen LogP contribution >= 0.6 is 23.2 Å². The molecule has 1 aliphatic carbocycles. The smallest absolute Gasteiger partial charge is 0.411 e. The molecule has 0 bridgehead atoms. The molecule has 2 amide bonds. The number of carbonyl (C=O) groups is 2. The van der Waals surface area contributed by atoms with Crippen molar-refractivity contribution in [1.29, 1.82) is 0 Å². The first kappa shape index (κ1) is 28.4. The number of H-pyrrole nitrogens is 1. The number of halogens is 2. The molecule has 41 heavy (non-hydrogen) atoms. The van der Waals surface area contributed by atoms with E-state index in [1.54, 1.807) is 42.5 Å². The van der Waals surface area contributed by atoms with Gasteiger partial charge in [-0.15, -0.1) is 0 Å². The molecule has 4 aromatic rings. The van der Waals surface area contributed by atoms with E-state index in [2.05, 4.69) is 26.4 Å². The number of nitrogens with zero attached hydrogens (tertiary/aromatic N) is 1. The summed E-state index contributed by atoms with van der Waals surface area (Å²) in [6, 6.07) is 19.8. The largest absolute Gasteiger partial charge is 0.453 e. The van der Waals surface area contributed by atoms with Crippen molar-refractivity contribution in [3.8, 4) is 11.3 Å². The molecule has 0 spiro atoms. The van der Waals surface area contributed by atoms with Crippen LogP contribution in [0.15, 0.2) is 72.8 Å². The molecule has 0 saturated heterocycles. The van der Waals surface area contributed by atoms with E-state index in [4.69, 9.17) is 28.2 Å². The Hall–Kier alpha value is -4.11. The Balaban J connectivity index is 1.40. The molecule has 1 unspecified atom stereocenters. The molecule has 5 rings (SSSR count). The minimum absolute atomic E-state index is 0.307. The third kappa shape index (κ3) is 7.16. The normalized spacial score (nSPS) is 15.0. The number of anilines is 1. The van der Waals surface area contributed by atoms with Gasteiger partial charge >= 0.3 is 6.09 Å². The molecule has 0 saturated carbocycles. The quantitative estimate of drug-likeness (QED) is 0.184. The number of imidazole rings is 1. The van der Waals surface area contributed by atoms with Crippen molar-refractivity contribution in [2.24, 2.45) is 0 Å². The molecule has 2 atom stereocenters. The number of aliphatic hydroxyl groups excluding tert-OH is 1. The summed E-state index contributed by atoms with van der Waals surface area (Å²) >= 11 is 12.7. The molecule has 0 radical (unpaired) electrons. The fourth-order valence-corrected chi connectivity index (χ4v) is 5.28. The van der Waals surface area contributed by atoms with Gasteiger partial charge in [-0.25, -0.2) is 9.78 Å².